The molecule has 0 radical (unpaired) electrons. The molecule has 0 atom stereocenters. The summed E-state index contributed by atoms with van der Waals surface area (Å²) in [5.74, 6) is 1.61. The first-order valence-electron chi connectivity index (χ1n) is 8.48. The highest BCUT2D eigenvalue weighted by Gasteiger charge is 2.19. The number of para-hydroxylation sites is 1. The van der Waals surface area contributed by atoms with E-state index < -0.39 is 0 Å². The van der Waals surface area contributed by atoms with Gasteiger partial charge in [0.2, 0.25) is 5.95 Å². The van der Waals surface area contributed by atoms with Gasteiger partial charge in [-0.25, -0.2) is 4.98 Å². The van der Waals surface area contributed by atoms with Crippen molar-refractivity contribution in [1.29, 1.82) is 0 Å². The van der Waals surface area contributed by atoms with Gasteiger partial charge in [0.25, 0.3) is 0 Å². The number of morpholine rings is 1. The molecular weight excluding hydrogens is 300 g/mol. The summed E-state index contributed by atoms with van der Waals surface area (Å²) in [5, 5.41) is 3.42. The van der Waals surface area contributed by atoms with Crippen molar-refractivity contribution in [2.24, 2.45) is 0 Å². The molecule has 0 unspecified atom stereocenters. The fourth-order valence-electron chi connectivity index (χ4n) is 2.93. The highest BCUT2D eigenvalue weighted by molar-refractivity contribution is 5.61. The predicted molar refractivity (Wildman–Crippen MR) is 98.2 cm³/mol. The molecule has 1 N–H and O–H groups in total. The Morgan fingerprint density at radius 3 is 2.50 bits per heavy atom. The van der Waals surface area contributed by atoms with Crippen LogP contribution in [0.3, 0.4) is 0 Å². The summed E-state index contributed by atoms with van der Waals surface area (Å²) in [6.45, 7) is 11.9. The lowest BCUT2D eigenvalue weighted by molar-refractivity contribution is 0.122. The highest BCUT2D eigenvalue weighted by atomic mass is 16.5. The fraction of sp³-hybridized carbons (Fsp3) is 0.474. The third kappa shape index (κ3) is 3.85. The van der Waals surface area contributed by atoms with E-state index >= 15 is 0 Å². The molecule has 0 saturated carbocycles. The second-order valence-corrected chi connectivity index (χ2v) is 7.21. The molecule has 1 fully saturated rings. The van der Waals surface area contributed by atoms with Gasteiger partial charge in [0, 0.05) is 30.5 Å². The molecule has 1 aliphatic rings. The smallest absolute Gasteiger partial charge is 0.229 e. The third-order valence-electron chi connectivity index (χ3n) is 4.16. The van der Waals surface area contributed by atoms with Gasteiger partial charge in [0.05, 0.1) is 13.2 Å². The van der Waals surface area contributed by atoms with Crippen molar-refractivity contribution < 1.29 is 4.74 Å². The second kappa shape index (κ2) is 6.77. The predicted octanol–water partition coefficient (Wildman–Crippen LogP) is 3.66. The molecule has 0 aliphatic carbocycles. The number of benzene rings is 1. The van der Waals surface area contributed by atoms with Crippen molar-refractivity contribution >= 4 is 17.5 Å². The zero-order chi connectivity index (χ0) is 17.2. The Balaban J connectivity index is 1.90. The van der Waals surface area contributed by atoms with E-state index in [1.807, 2.05) is 19.1 Å². The quantitative estimate of drug-likeness (QED) is 0.933. The minimum atomic E-state index is 0.0560. The van der Waals surface area contributed by atoms with Crippen molar-refractivity contribution in [3.63, 3.8) is 0 Å². The summed E-state index contributed by atoms with van der Waals surface area (Å²) in [7, 11) is 0. The van der Waals surface area contributed by atoms with E-state index in [0.29, 0.717) is 5.95 Å². The summed E-state index contributed by atoms with van der Waals surface area (Å²) in [5.41, 5.74) is 3.33. The molecule has 1 saturated heterocycles. The zero-order valence-corrected chi connectivity index (χ0v) is 15.0. The van der Waals surface area contributed by atoms with Crippen LogP contribution in [0.15, 0.2) is 30.3 Å². The molecule has 1 aliphatic heterocycles. The molecule has 3 rings (SSSR count). The van der Waals surface area contributed by atoms with Crippen LogP contribution in [0.5, 0.6) is 0 Å². The highest BCUT2D eigenvalue weighted by Crippen LogP contribution is 2.31. The Morgan fingerprint density at radius 1 is 1.08 bits per heavy atom. The van der Waals surface area contributed by atoms with Crippen molar-refractivity contribution in [1.82, 2.24) is 9.97 Å². The molecule has 2 heterocycles. The molecule has 5 nitrogen and oxygen atoms in total. The normalized spacial score (nSPS) is 15.4. The van der Waals surface area contributed by atoms with Crippen LogP contribution in [-0.4, -0.2) is 36.3 Å². The van der Waals surface area contributed by atoms with Gasteiger partial charge in [0.15, 0.2) is 0 Å². The average molecular weight is 326 g/mol. The summed E-state index contributed by atoms with van der Waals surface area (Å²) in [6.07, 6.45) is 0. The summed E-state index contributed by atoms with van der Waals surface area (Å²) >= 11 is 0. The maximum atomic E-state index is 5.43. The Labute approximate surface area is 144 Å². The van der Waals surface area contributed by atoms with Gasteiger partial charge in [-0.05, 0) is 24.0 Å². The minimum absolute atomic E-state index is 0.0560. The Morgan fingerprint density at radius 2 is 1.79 bits per heavy atom. The van der Waals surface area contributed by atoms with E-state index in [1.54, 1.807) is 0 Å². The van der Waals surface area contributed by atoms with Gasteiger partial charge in [-0.1, -0.05) is 39.0 Å². The number of nitrogens with zero attached hydrogens (tertiary/aromatic N) is 3. The topological polar surface area (TPSA) is 50.3 Å². The number of aryl methyl sites for hydroxylation is 1. The molecule has 0 amide bonds. The Bertz CT molecular complexity index is 703. The molecule has 1 aromatic heterocycles. The van der Waals surface area contributed by atoms with Crippen LogP contribution in [0.25, 0.3) is 0 Å². The maximum Gasteiger partial charge on any atom is 0.229 e. The lowest BCUT2D eigenvalue weighted by Gasteiger charge is -2.28. The molecule has 0 spiro atoms. The molecular formula is C19H26N4O. The number of ether oxygens (including phenoxy) is 1. The van der Waals surface area contributed by atoms with Crippen LogP contribution in [0, 0.1) is 6.92 Å². The van der Waals surface area contributed by atoms with E-state index in [2.05, 4.69) is 54.2 Å². The monoisotopic (exact) mass is 326 g/mol. The lowest BCUT2D eigenvalue weighted by Crippen LogP contribution is -2.36. The standard InChI is InChI=1S/C19H26N4O/c1-14-13-17(23-9-11-24-12-10-23)22-18(20-14)21-16-8-6-5-7-15(16)19(2,3)4/h5-8,13H,9-12H2,1-4H3,(H,20,21,22). The first kappa shape index (κ1) is 16.7. The van der Waals surface area contributed by atoms with Gasteiger partial charge in [0.1, 0.15) is 5.82 Å². The Hall–Kier alpha value is -2.14. The van der Waals surface area contributed by atoms with Crippen molar-refractivity contribution in [2.45, 2.75) is 33.1 Å². The van der Waals surface area contributed by atoms with Gasteiger partial charge in [-0.2, -0.15) is 4.98 Å². The van der Waals surface area contributed by atoms with E-state index in [-0.39, 0.29) is 5.41 Å². The molecule has 5 heteroatoms. The summed E-state index contributed by atoms with van der Waals surface area (Å²) < 4.78 is 5.43. The van der Waals surface area contributed by atoms with Crippen LogP contribution < -0.4 is 10.2 Å². The lowest BCUT2D eigenvalue weighted by atomic mass is 9.86. The third-order valence-corrected chi connectivity index (χ3v) is 4.16. The minimum Gasteiger partial charge on any atom is -0.378 e. The zero-order valence-electron chi connectivity index (χ0n) is 15.0. The number of rotatable bonds is 3. The first-order chi connectivity index (χ1) is 11.4. The van der Waals surface area contributed by atoms with Crippen molar-refractivity contribution in [3.05, 3.63) is 41.6 Å². The number of hydrogen-bond donors (Lipinski definition) is 1. The van der Waals surface area contributed by atoms with Crippen LogP contribution in [0.1, 0.15) is 32.0 Å². The number of nitrogens with one attached hydrogen (secondary N) is 1. The molecule has 0 bridgehead atoms. The number of aromatic nitrogens is 2. The van der Waals surface area contributed by atoms with Crippen molar-refractivity contribution in [3.8, 4) is 0 Å². The first-order valence-corrected chi connectivity index (χ1v) is 8.48. The van der Waals surface area contributed by atoms with Crippen LogP contribution in [0.2, 0.25) is 0 Å². The maximum absolute atomic E-state index is 5.43. The van der Waals surface area contributed by atoms with E-state index in [1.165, 1.54) is 5.56 Å². The average Bonchev–Trinajstić information content (AvgIpc) is 2.55. The van der Waals surface area contributed by atoms with Crippen LogP contribution >= 0.6 is 0 Å². The van der Waals surface area contributed by atoms with Gasteiger partial charge >= 0.3 is 0 Å². The van der Waals surface area contributed by atoms with Crippen molar-refractivity contribution in [2.75, 3.05) is 36.5 Å². The van der Waals surface area contributed by atoms with Gasteiger partial charge in [-0.15, -0.1) is 0 Å². The molecule has 1 aromatic carbocycles. The van der Waals surface area contributed by atoms with E-state index in [9.17, 15) is 0 Å². The van der Waals surface area contributed by atoms with Gasteiger partial charge < -0.3 is 15.0 Å². The summed E-state index contributed by atoms with van der Waals surface area (Å²) in [4.78, 5) is 11.5. The summed E-state index contributed by atoms with van der Waals surface area (Å²) in [6, 6.07) is 10.4. The largest absolute Gasteiger partial charge is 0.378 e. The second-order valence-electron chi connectivity index (χ2n) is 7.21. The molecule has 24 heavy (non-hydrogen) atoms. The number of anilines is 3. The fourth-order valence-corrected chi connectivity index (χ4v) is 2.93. The van der Waals surface area contributed by atoms with Crippen LogP contribution in [0.4, 0.5) is 17.5 Å². The SMILES string of the molecule is Cc1cc(N2CCOCC2)nc(Nc2ccccc2C(C)(C)C)n1. The molecule has 2 aromatic rings. The molecule has 128 valence electrons. The Kier molecular flexibility index (Phi) is 4.71. The van der Waals surface area contributed by atoms with E-state index in [4.69, 9.17) is 9.72 Å². The van der Waals surface area contributed by atoms with Gasteiger partial charge in [-0.3, -0.25) is 0 Å². The number of hydrogen-bond acceptors (Lipinski definition) is 5. The van der Waals surface area contributed by atoms with E-state index in [0.717, 1.165) is 43.5 Å². The van der Waals surface area contributed by atoms with Crippen LogP contribution in [-0.2, 0) is 10.2 Å².